The van der Waals surface area contributed by atoms with Crippen LogP contribution in [0.2, 0.25) is 0 Å². The van der Waals surface area contributed by atoms with Crippen LogP contribution in [0.5, 0.6) is 0 Å². The largest absolute Gasteiger partial charge is 0.371 e. The third-order valence-corrected chi connectivity index (χ3v) is 2.70. The quantitative estimate of drug-likeness (QED) is 0.579. The molecule has 68 valence electrons. The highest BCUT2D eigenvalue weighted by Crippen LogP contribution is 2.09. The molecule has 0 bridgehead atoms. The van der Waals surface area contributed by atoms with Crippen molar-refractivity contribution >= 4 is 0 Å². The van der Waals surface area contributed by atoms with Crippen LogP contribution in [-0.2, 0) is 0 Å². The van der Waals surface area contributed by atoms with Crippen molar-refractivity contribution < 1.29 is 0 Å². The van der Waals surface area contributed by atoms with Gasteiger partial charge in [0, 0.05) is 45.0 Å². The summed E-state index contributed by atoms with van der Waals surface area (Å²) in [4.78, 5) is 4.89. The molecule has 3 heteroatoms. The summed E-state index contributed by atoms with van der Waals surface area (Å²) in [6.45, 7) is 6.94. The van der Waals surface area contributed by atoms with Gasteiger partial charge in [0.05, 0.1) is 0 Å². The summed E-state index contributed by atoms with van der Waals surface area (Å²) >= 11 is 0. The van der Waals surface area contributed by atoms with Crippen molar-refractivity contribution in [1.29, 1.82) is 0 Å². The van der Waals surface area contributed by atoms with Gasteiger partial charge in [-0.3, -0.25) is 0 Å². The minimum atomic E-state index is 1.06. The van der Waals surface area contributed by atoms with Gasteiger partial charge in [0.2, 0.25) is 0 Å². The summed E-state index contributed by atoms with van der Waals surface area (Å²) < 4.78 is 0. The van der Waals surface area contributed by atoms with Crippen LogP contribution in [0, 0.1) is 0 Å². The SMILES string of the molecule is CN1CCN(C2=CCNC2)CC1. The van der Waals surface area contributed by atoms with Gasteiger partial charge in [-0.2, -0.15) is 0 Å². The normalized spacial score (nSPS) is 26.1. The summed E-state index contributed by atoms with van der Waals surface area (Å²) in [5.74, 6) is 0. The number of rotatable bonds is 1. The maximum Gasteiger partial charge on any atom is 0.0355 e. The summed E-state index contributed by atoms with van der Waals surface area (Å²) in [6, 6.07) is 0. The molecular weight excluding hydrogens is 150 g/mol. The zero-order chi connectivity index (χ0) is 8.39. The number of piperazine rings is 1. The Labute approximate surface area is 74.0 Å². The molecule has 0 unspecified atom stereocenters. The highest BCUT2D eigenvalue weighted by molar-refractivity contribution is 5.10. The summed E-state index contributed by atoms with van der Waals surface area (Å²) in [7, 11) is 2.19. The van der Waals surface area contributed by atoms with Gasteiger partial charge in [0.25, 0.3) is 0 Å². The van der Waals surface area contributed by atoms with Gasteiger partial charge < -0.3 is 15.1 Å². The Morgan fingerprint density at radius 2 is 2.00 bits per heavy atom. The van der Waals surface area contributed by atoms with E-state index in [0.29, 0.717) is 0 Å². The van der Waals surface area contributed by atoms with Crippen LogP contribution >= 0.6 is 0 Å². The molecule has 3 nitrogen and oxygen atoms in total. The van der Waals surface area contributed by atoms with Crippen LogP contribution in [-0.4, -0.2) is 56.1 Å². The molecule has 0 radical (unpaired) electrons. The molecule has 0 spiro atoms. The van der Waals surface area contributed by atoms with Crippen LogP contribution in [0.25, 0.3) is 0 Å². The lowest BCUT2D eigenvalue weighted by Crippen LogP contribution is -2.44. The minimum Gasteiger partial charge on any atom is -0.371 e. The molecule has 2 aliphatic rings. The van der Waals surface area contributed by atoms with E-state index in [4.69, 9.17) is 0 Å². The van der Waals surface area contributed by atoms with Crippen LogP contribution < -0.4 is 5.32 Å². The Hall–Kier alpha value is -0.540. The van der Waals surface area contributed by atoms with Crippen molar-refractivity contribution in [1.82, 2.24) is 15.1 Å². The second kappa shape index (κ2) is 3.46. The summed E-state index contributed by atoms with van der Waals surface area (Å²) in [5, 5.41) is 3.33. The fourth-order valence-electron chi connectivity index (χ4n) is 1.80. The van der Waals surface area contributed by atoms with Crippen molar-refractivity contribution in [3.05, 3.63) is 11.8 Å². The molecule has 1 fully saturated rings. The molecular formula is C9H17N3. The van der Waals surface area contributed by atoms with Crippen molar-refractivity contribution in [3.63, 3.8) is 0 Å². The summed E-state index contributed by atoms with van der Waals surface area (Å²) in [6.07, 6.45) is 2.31. The van der Waals surface area contributed by atoms with Gasteiger partial charge in [-0.15, -0.1) is 0 Å². The van der Waals surface area contributed by atoms with Crippen LogP contribution in [0.4, 0.5) is 0 Å². The molecule has 2 aliphatic heterocycles. The fraction of sp³-hybridized carbons (Fsp3) is 0.778. The van der Waals surface area contributed by atoms with Gasteiger partial charge in [-0.1, -0.05) is 6.08 Å². The average molecular weight is 167 g/mol. The van der Waals surface area contributed by atoms with E-state index >= 15 is 0 Å². The van der Waals surface area contributed by atoms with E-state index < -0.39 is 0 Å². The lowest BCUT2D eigenvalue weighted by molar-refractivity contribution is 0.185. The van der Waals surface area contributed by atoms with Gasteiger partial charge in [-0.25, -0.2) is 0 Å². The van der Waals surface area contributed by atoms with Gasteiger partial charge >= 0.3 is 0 Å². The van der Waals surface area contributed by atoms with Crippen LogP contribution in [0.3, 0.4) is 0 Å². The number of likely N-dealkylation sites (N-methyl/N-ethyl adjacent to an activating group) is 1. The first-order valence-electron chi connectivity index (χ1n) is 4.69. The zero-order valence-electron chi connectivity index (χ0n) is 7.71. The van der Waals surface area contributed by atoms with Crippen molar-refractivity contribution in [2.75, 3.05) is 46.3 Å². The monoisotopic (exact) mass is 167 g/mol. The molecule has 0 aromatic carbocycles. The molecule has 2 heterocycles. The molecule has 0 atom stereocenters. The van der Waals surface area contributed by atoms with Crippen molar-refractivity contribution in [2.45, 2.75) is 0 Å². The standard InChI is InChI=1S/C9H17N3/c1-11-4-6-12(7-5-11)9-2-3-10-8-9/h2,10H,3-8H2,1H3. The van der Waals surface area contributed by atoms with E-state index in [1.165, 1.54) is 31.9 Å². The van der Waals surface area contributed by atoms with Gasteiger partial charge in [0.15, 0.2) is 0 Å². The Morgan fingerprint density at radius 1 is 1.25 bits per heavy atom. The number of nitrogens with zero attached hydrogens (tertiary/aromatic N) is 2. The van der Waals surface area contributed by atoms with Crippen LogP contribution in [0.1, 0.15) is 0 Å². The second-order valence-electron chi connectivity index (χ2n) is 3.62. The van der Waals surface area contributed by atoms with Crippen molar-refractivity contribution in [3.8, 4) is 0 Å². The smallest absolute Gasteiger partial charge is 0.0355 e. The topological polar surface area (TPSA) is 18.5 Å². The van der Waals surface area contributed by atoms with Gasteiger partial charge in [-0.05, 0) is 7.05 Å². The predicted octanol–water partition coefficient (Wildman–Crippen LogP) is -0.279. The van der Waals surface area contributed by atoms with E-state index in [1.807, 2.05) is 0 Å². The first-order chi connectivity index (χ1) is 5.86. The maximum absolute atomic E-state index is 3.33. The van der Waals surface area contributed by atoms with E-state index in [2.05, 4.69) is 28.2 Å². The lowest BCUT2D eigenvalue weighted by atomic mass is 10.3. The molecule has 0 saturated carbocycles. The van der Waals surface area contributed by atoms with E-state index in [-0.39, 0.29) is 0 Å². The highest BCUT2D eigenvalue weighted by atomic mass is 15.3. The first-order valence-corrected chi connectivity index (χ1v) is 4.69. The molecule has 1 N–H and O–H groups in total. The second-order valence-corrected chi connectivity index (χ2v) is 3.62. The van der Waals surface area contributed by atoms with E-state index in [1.54, 1.807) is 0 Å². The predicted molar refractivity (Wildman–Crippen MR) is 50.0 cm³/mol. The third-order valence-electron chi connectivity index (χ3n) is 2.70. The number of hydrogen-bond acceptors (Lipinski definition) is 3. The summed E-state index contributed by atoms with van der Waals surface area (Å²) in [5.41, 5.74) is 1.50. The van der Waals surface area contributed by atoms with Gasteiger partial charge in [0.1, 0.15) is 0 Å². The molecule has 12 heavy (non-hydrogen) atoms. The number of hydrogen-bond donors (Lipinski definition) is 1. The average Bonchev–Trinajstić information content (AvgIpc) is 2.58. The van der Waals surface area contributed by atoms with E-state index in [0.717, 1.165) is 13.1 Å². The van der Waals surface area contributed by atoms with Crippen LogP contribution in [0.15, 0.2) is 11.8 Å². The minimum absolute atomic E-state index is 1.06. The zero-order valence-corrected chi connectivity index (χ0v) is 7.71. The fourth-order valence-corrected chi connectivity index (χ4v) is 1.80. The molecule has 1 saturated heterocycles. The Kier molecular flexibility index (Phi) is 2.33. The lowest BCUT2D eigenvalue weighted by Gasteiger charge is -2.34. The molecule has 0 aromatic rings. The molecule has 2 rings (SSSR count). The molecule has 0 aliphatic carbocycles. The Bertz CT molecular complexity index is 180. The first kappa shape index (κ1) is 8.08. The van der Waals surface area contributed by atoms with E-state index in [9.17, 15) is 0 Å². The number of nitrogens with one attached hydrogen (secondary N) is 1. The Balaban J connectivity index is 1.88. The molecule has 0 aromatic heterocycles. The molecule has 0 amide bonds. The maximum atomic E-state index is 3.33. The highest BCUT2D eigenvalue weighted by Gasteiger charge is 2.17. The third kappa shape index (κ3) is 1.62. The Morgan fingerprint density at radius 3 is 2.58 bits per heavy atom. The van der Waals surface area contributed by atoms with Crippen molar-refractivity contribution in [2.24, 2.45) is 0 Å².